The summed E-state index contributed by atoms with van der Waals surface area (Å²) in [6.45, 7) is 8.58. The number of rotatable bonds is 8. The van der Waals surface area contributed by atoms with Gasteiger partial charge in [-0.1, -0.05) is 45.0 Å². The van der Waals surface area contributed by atoms with Gasteiger partial charge in [0.2, 0.25) is 17.7 Å². The highest BCUT2D eigenvalue weighted by atomic mass is 16.5. The number of likely N-dealkylation sites (N-methyl/N-ethyl adjacent to an activating group) is 1. The topological polar surface area (TPSA) is 96.7 Å². The molecule has 8 heteroatoms. The smallest absolute Gasteiger partial charge is 0.240 e. The quantitative estimate of drug-likeness (QED) is 0.722. The Morgan fingerprint density at radius 2 is 1.79 bits per heavy atom. The Morgan fingerprint density at radius 3 is 2.36 bits per heavy atom. The van der Waals surface area contributed by atoms with E-state index in [4.69, 9.17) is 9.26 Å². The van der Waals surface area contributed by atoms with Crippen molar-refractivity contribution in [3.63, 3.8) is 0 Å². The van der Waals surface area contributed by atoms with E-state index in [1.165, 1.54) is 0 Å². The molecule has 2 amide bonds. The van der Waals surface area contributed by atoms with Crippen molar-refractivity contribution >= 4 is 23.4 Å². The van der Waals surface area contributed by atoms with Crippen molar-refractivity contribution in [2.24, 2.45) is 0 Å². The molecule has 0 aliphatic heterocycles. The van der Waals surface area contributed by atoms with E-state index < -0.39 is 0 Å². The molecule has 28 heavy (non-hydrogen) atoms. The van der Waals surface area contributed by atoms with Crippen molar-refractivity contribution in [3.05, 3.63) is 36.0 Å². The minimum absolute atomic E-state index is 0.0569. The first kappa shape index (κ1) is 21.4. The van der Waals surface area contributed by atoms with Crippen LogP contribution in [0.4, 0.5) is 11.6 Å². The monoisotopic (exact) mass is 388 g/mol. The van der Waals surface area contributed by atoms with E-state index in [-0.39, 0.29) is 30.3 Å². The third-order valence-corrected chi connectivity index (χ3v) is 4.10. The normalized spacial score (nSPS) is 11.4. The number of nitrogens with one attached hydrogen (secondary N) is 2. The summed E-state index contributed by atoms with van der Waals surface area (Å²) >= 11 is 0. The first-order valence-corrected chi connectivity index (χ1v) is 9.15. The number of para-hydroxylation sites is 2. The first-order valence-electron chi connectivity index (χ1n) is 9.15. The molecule has 0 fully saturated rings. The molecule has 0 bridgehead atoms. The lowest BCUT2D eigenvalue weighted by molar-refractivity contribution is -0.120. The maximum absolute atomic E-state index is 12.3. The van der Waals surface area contributed by atoms with Gasteiger partial charge in [-0.25, -0.2) is 0 Å². The molecule has 0 aliphatic carbocycles. The average molecular weight is 388 g/mol. The number of aromatic nitrogens is 1. The van der Waals surface area contributed by atoms with Crippen molar-refractivity contribution in [3.8, 4) is 5.75 Å². The SMILES string of the molecule is CCN(CC(=O)Nc1cc(C(C)(C)C)no1)CC(=O)Nc1ccccc1OC. The zero-order chi connectivity index (χ0) is 20.7. The van der Waals surface area contributed by atoms with E-state index in [1.807, 2.05) is 39.8 Å². The third-order valence-electron chi connectivity index (χ3n) is 4.10. The molecular formula is C20H28N4O4. The third kappa shape index (κ3) is 6.09. The fourth-order valence-corrected chi connectivity index (χ4v) is 2.49. The van der Waals surface area contributed by atoms with Crippen LogP contribution in [-0.4, -0.2) is 48.6 Å². The minimum atomic E-state index is -0.274. The molecular weight excluding hydrogens is 360 g/mol. The van der Waals surface area contributed by atoms with Crippen LogP contribution in [0.1, 0.15) is 33.4 Å². The minimum Gasteiger partial charge on any atom is -0.495 e. The van der Waals surface area contributed by atoms with Crippen LogP contribution in [-0.2, 0) is 15.0 Å². The van der Waals surface area contributed by atoms with Crippen molar-refractivity contribution in [2.45, 2.75) is 33.1 Å². The number of methoxy groups -OCH3 is 1. The summed E-state index contributed by atoms with van der Waals surface area (Å²) in [6.07, 6.45) is 0. The molecule has 0 saturated carbocycles. The number of carbonyl (C=O) groups is 2. The molecule has 2 N–H and O–H groups in total. The van der Waals surface area contributed by atoms with Gasteiger partial charge in [-0.15, -0.1) is 0 Å². The number of hydrogen-bond donors (Lipinski definition) is 2. The summed E-state index contributed by atoms with van der Waals surface area (Å²) in [7, 11) is 1.54. The Balaban J connectivity index is 1.89. The van der Waals surface area contributed by atoms with Crippen molar-refractivity contribution in [2.75, 3.05) is 37.4 Å². The van der Waals surface area contributed by atoms with Crippen molar-refractivity contribution in [1.82, 2.24) is 10.1 Å². The van der Waals surface area contributed by atoms with Crippen LogP contribution in [0, 0.1) is 0 Å². The average Bonchev–Trinajstić information content (AvgIpc) is 3.10. The van der Waals surface area contributed by atoms with E-state index in [2.05, 4.69) is 15.8 Å². The van der Waals surface area contributed by atoms with Crippen molar-refractivity contribution in [1.29, 1.82) is 0 Å². The van der Waals surface area contributed by atoms with Gasteiger partial charge in [0.1, 0.15) is 5.75 Å². The van der Waals surface area contributed by atoms with Gasteiger partial charge in [-0.05, 0) is 18.7 Å². The first-order chi connectivity index (χ1) is 13.2. The van der Waals surface area contributed by atoms with Gasteiger partial charge < -0.3 is 14.6 Å². The molecule has 0 saturated heterocycles. The molecule has 0 radical (unpaired) electrons. The lowest BCUT2D eigenvalue weighted by Gasteiger charge is -2.19. The second-order valence-corrected chi connectivity index (χ2v) is 7.43. The van der Waals surface area contributed by atoms with E-state index >= 15 is 0 Å². The summed E-state index contributed by atoms with van der Waals surface area (Å²) < 4.78 is 10.4. The molecule has 2 rings (SSSR count). The molecule has 0 atom stereocenters. The second kappa shape index (κ2) is 9.36. The molecule has 0 aliphatic rings. The highest BCUT2D eigenvalue weighted by Crippen LogP contribution is 2.24. The van der Waals surface area contributed by atoms with Gasteiger partial charge in [-0.2, -0.15) is 0 Å². The Hall–Kier alpha value is -2.87. The van der Waals surface area contributed by atoms with Gasteiger partial charge >= 0.3 is 0 Å². The second-order valence-electron chi connectivity index (χ2n) is 7.43. The maximum atomic E-state index is 12.3. The number of benzene rings is 1. The summed E-state index contributed by atoms with van der Waals surface area (Å²) in [4.78, 5) is 26.3. The Labute approximate surface area is 165 Å². The van der Waals surface area contributed by atoms with Crippen LogP contribution in [0.5, 0.6) is 5.75 Å². The molecule has 0 unspecified atom stereocenters. The molecule has 1 heterocycles. The molecule has 2 aromatic rings. The van der Waals surface area contributed by atoms with Crippen LogP contribution in [0.25, 0.3) is 0 Å². The Bertz CT molecular complexity index is 811. The highest BCUT2D eigenvalue weighted by Gasteiger charge is 2.20. The summed E-state index contributed by atoms with van der Waals surface area (Å²) in [6, 6.07) is 8.88. The summed E-state index contributed by atoms with van der Waals surface area (Å²) in [5.74, 6) is 0.374. The molecule has 152 valence electrons. The lowest BCUT2D eigenvalue weighted by Crippen LogP contribution is -2.38. The van der Waals surface area contributed by atoms with E-state index in [0.29, 0.717) is 23.9 Å². The predicted octanol–water partition coefficient (Wildman–Crippen LogP) is 2.88. The van der Waals surface area contributed by atoms with E-state index in [0.717, 1.165) is 5.69 Å². The van der Waals surface area contributed by atoms with Crippen LogP contribution in [0.2, 0.25) is 0 Å². The van der Waals surface area contributed by atoms with Gasteiger partial charge in [0.05, 0.1) is 31.6 Å². The molecule has 1 aromatic carbocycles. The summed E-state index contributed by atoms with van der Waals surface area (Å²) in [5, 5.41) is 9.45. The largest absolute Gasteiger partial charge is 0.495 e. The maximum Gasteiger partial charge on any atom is 0.240 e. The van der Waals surface area contributed by atoms with Crippen LogP contribution in [0.3, 0.4) is 0 Å². The van der Waals surface area contributed by atoms with E-state index in [9.17, 15) is 9.59 Å². The lowest BCUT2D eigenvalue weighted by atomic mass is 9.92. The fraction of sp³-hybridized carbons (Fsp3) is 0.450. The molecule has 8 nitrogen and oxygen atoms in total. The van der Waals surface area contributed by atoms with Gasteiger partial charge in [0, 0.05) is 11.5 Å². The standard InChI is InChI=1S/C20H28N4O4/c1-6-24(12-17(25)21-14-9-7-8-10-15(14)27-5)13-18(26)22-19-11-16(23-28-19)20(2,3)4/h7-11H,6,12-13H2,1-5H3,(H,21,25)(H,22,26). The zero-order valence-corrected chi connectivity index (χ0v) is 17.0. The van der Waals surface area contributed by atoms with Gasteiger partial charge in [0.25, 0.3) is 0 Å². The number of anilines is 2. The number of ether oxygens (including phenoxy) is 1. The number of hydrogen-bond acceptors (Lipinski definition) is 6. The Morgan fingerprint density at radius 1 is 1.14 bits per heavy atom. The van der Waals surface area contributed by atoms with Crippen molar-refractivity contribution < 1.29 is 18.8 Å². The summed E-state index contributed by atoms with van der Waals surface area (Å²) in [5.41, 5.74) is 1.18. The molecule has 0 spiro atoms. The zero-order valence-electron chi connectivity index (χ0n) is 17.0. The number of amides is 2. The van der Waals surface area contributed by atoms with Crippen LogP contribution in [0.15, 0.2) is 34.9 Å². The number of nitrogens with zero attached hydrogens (tertiary/aromatic N) is 2. The Kier molecular flexibility index (Phi) is 7.17. The number of carbonyl (C=O) groups excluding carboxylic acids is 2. The highest BCUT2D eigenvalue weighted by molar-refractivity contribution is 5.95. The van der Waals surface area contributed by atoms with Crippen LogP contribution >= 0.6 is 0 Å². The van der Waals surface area contributed by atoms with Gasteiger partial charge in [-0.3, -0.25) is 19.8 Å². The van der Waals surface area contributed by atoms with Crippen LogP contribution < -0.4 is 15.4 Å². The van der Waals surface area contributed by atoms with Gasteiger partial charge in [0.15, 0.2) is 0 Å². The molecule has 1 aromatic heterocycles. The predicted molar refractivity (Wildman–Crippen MR) is 108 cm³/mol. The fourth-order valence-electron chi connectivity index (χ4n) is 2.49. The van der Waals surface area contributed by atoms with E-state index in [1.54, 1.807) is 30.2 Å².